The van der Waals surface area contributed by atoms with Crippen molar-refractivity contribution in [3.05, 3.63) is 28.8 Å². The van der Waals surface area contributed by atoms with E-state index < -0.39 is 0 Å². The minimum atomic E-state index is 0.552. The summed E-state index contributed by atoms with van der Waals surface area (Å²) >= 11 is 0. The van der Waals surface area contributed by atoms with Crippen LogP contribution in [-0.2, 0) is 0 Å². The van der Waals surface area contributed by atoms with Gasteiger partial charge >= 0.3 is 0 Å². The molecule has 1 aliphatic heterocycles. The highest BCUT2D eigenvalue weighted by Gasteiger charge is 2.20. The first-order valence-corrected chi connectivity index (χ1v) is 6.11. The van der Waals surface area contributed by atoms with Crippen LogP contribution in [0.15, 0.2) is 12.1 Å². The zero-order valence-electron chi connectivity index (χ0n) is 10.8. The Hall–Kier alpha value is -1.02. The summed E-state index contributed by atoms with van der Waals surface area (Å²) in [6.45, 7) is 5.55. The molecule has 0 saturated carbocycles. The molecule has 1 N–H and O–H groups in total. The van der Waals surface area contributed by atoms with Crippen LogP contribution >= 0.6 is 0 Å². The molecule has 0 bridgehead atoms. The molecular weight excluding hydrogens is 196 g/mol. The van der Waals surface area contributed by atoms with Crippen molar-refractivity contribution in [3.63, 3.8) is 0 Å². The van der Waals surface area contributed by atoms with Gasteiger partial charge in [-0.2, -0.15) is 0 Å². The van der Waals surface area contributed by atoms with Crippen molar-refractivity contribution in [1.29, 1.82) is 0 Å². The van der Waals surface area contributed by atoms with Gasteiger partial charge in [0.15, 0.2) is 0 Å². The third kappa shape index (κ3) is 2.07. The molecule has 0 aromatic heterocycles. The van der Waals surface area contributed by atoms with Crippen LogP contribution < -0.4 is 10.2 Å². The maximum Gasteiger partial charge on any atom is 0.0412 e. The Bertz CT molecular complexity index is 377. The molecule has 0 amide bonds. The molecule has 1 atom stereocenters. The third-order valence-corrected chi connectivity index (χ3v) is 3.56. The van der Waals surface area contributed by atoms with Crippen LogP contribution in [-0.4, -0.2) is 20.6 Å². The molecule has 16 heavy (non-hydrogen) atoms. The highest BCUT2D eigenvalue weighted by molar-refractivity contribution is 5.58. The van der Waals surface area contributed by atoms with Crippen molar-refractivity contribution in [1.82, 2.24) is 5.32 Å². The topological polar surface area (TPSA) is 15.3 Å². The van der Waals surface area contributed by atoms with Gasteiger partial charge in [-0.25, -0.2) is 0 Å². The first kappa shape index (κ1) is 11.5. The molecular formula is C14H22N2. The number of nitrogens with one attached hydrogen (secondary N) is 1. The normalized spacial score (nSPS) is 20.1. The van der Waals surface area contributed by atoms with Gasteiger partial charge in [0.05, 0.1) is 0 Å². The molecule has 2 nitrogen and oxygen atoms in total. The summed E-state index contributed by atoms with van der Waals surface area (Å²) in [5.41, 5.74) is 5.60. The lowest BCUT2D eigenvalue weighted by Gasteiger charge is -2.23. The number of rotatable bonds is 2. The van der Waals surface area contributed by atoms with E-state index in [9.17, 15) is 0 Å². The number of hydrogen-bond donors (Lipinski definition) is 1. The molecule has 88 valence electrons. The molecule has 1 fully saturated rings. The van der Waals surface area contributed by atoms with Gasteiger partial charge in [-0.15, -0.1) is 0 Å². The van der Waals surface area contributed by atoms with Gasteiger partial charge in [-0.3, -0.25) is 0 Å². The molecule has 0 radical (unpaired) electrons. The highest BCUT2D eigenvalue weighted by Crippen LogP contribution is 2.32. The number of hydrogen-bond acceptors (Lipinski definition) is 2. The van der Waals surface area contributed by atoms with E-state index in [1.54, 1.807) is 0 Å². The fourth-order valence-electron chi connectivity index (χ4n) is 2.44. The van der Waals surface area contributed by atoms with Crippen molar-refractivity contribution < 1.29 is 0 Å². The first-order chi connectivity index (χ1) is 7.59. The van der Waals surface area contributed by atoms with Crippen LogP contribution in [0, 0.1) is 13.8 Å². The van der Waals surface area contributed by atoms with Crippen molar-refractivity contribution in [2.45, 2.75) is 32.7 Å². The predicted molar refractivity (Wildman–Crippen MR) is 70.2 cm³/mol. The lowest BCUT2D eigenvalue weighted by molar-refractivity contribution is 0.646. The fourth-order valence-corrected chi connectivity index (χ4v) is 2.44. The van der Waals surface area contributed by atoms with Gasteiger partial charge in [-0.05, 0) is 56.0 Å². The second-order valence-corrected chi connectivity index (χ2v) is 5.04. The summed E-state index contributed by atoms with van der Waals surface area (Å²) in [5, 5.41) is 3.59. The van der Waals surface area contributed by atoms with Gasteiger partial charge in [0.2, 0.25) is 0 Å². The van der Waals surface area contributed by atoms with Gasteiger partial charge in [0.1, 0.15) is 0 Å². The number of benzene rings is 1. The van der Waals surface area contributed by atoms with E-state index in [0.29, 0.717) is 6.04 Å². The molecule has 1 saturated heterocycles. The second-order valence-electron chi connectivity index (χ2n) is 5.04. The average Bonchev–Trinajstić information content (AvgIpc) is 2.74. The van der Waals surface area contributed by atoms with E-state index in [0.717, 1.165) is 6.54 Å². The minimum Gasteiger partial charge on any atom is -0.377 e. The highest BCUT2D eigenvalue weighted by atomic mass is 15.1. The molecule has 1 aromatic rings. The van der Waals surface area contributed by atoms with E-state index in [1.165, 1.54) is 35.2 Å². The Kier molecular flexibility index (Phi) is 3.20. The van der Waals surface area contributed by atoms with E-state index >= 15 is 0 Å². The summed E-state index contributed by atoms with van der Waals surface area (Å²) in [5.74, 6) is 0. The number of nitrogens with zero attached hydrogens (tertiary/aromatic N) is 1. The van der Waals surface area contributed by atoms with Crippen LogP contribution in [0.3, 0.4) is 0 Å². The lowest BCUT2D eigenvalue weighted by Crippen LogP contribution is -2.19. The van der Waals surface area contributed by atoms with Crippen molar-refractivity contribution in [3.8, 4) is 0 Å². The van der Waals surface area contributed by atoms with E-state index in [4.69, 9.17) is 0 Å². The Labute approximate surface area is 98.7 Å². The van der Waals surface area contributed by atoms with Gasteiger partial charge in [0.25, 0.3) is 0 Å². The number of anilines is 1. The minimum absolute atomic E-state index is 0.552. The molecule has 2 rings (SSSR count). The predicted octanol–water partition coefficient (Wildman–Crippen LogP) is 2.79. The zero-order valence-corrected chi connectivity index (χ0v) is 10.8. The smallest absolute Gasteiger partial charge is 0.0412 e. The average molecular weight is 218 g/mol. The lowest BCUT2D eigenvalue weighted by atomic mass is 9.97. The van der Waals surface area contributed by atoms with Crippen LogP contribution in [0.1, 0.15) is 35.6 Å². The van der Waals surface area contributed by atoms with Gasteiger partial charge in [-0.1, -0.05) is 6.07 Å². The van der Waals surface area contributed by atoms with Crippen molar-refractivity contribution in [2.24, 2.45) is 0 Å². The van der Waals surface area contributed by atoms with Crippen molar-refractivity contribution in [2.75, 3.05) is 25.5 Å². The van der Waals surface area contributed by atoms with E-state index in [1.807, 2.05) is 0 Å². The Morgan fingerprint density at radius 2 is 1.88 bits per heavy atom. The summed E-state index contributed by atoms with van der Waals surface area (Å²) < 4.78 is 0. The quantitative estimate of drug-likeness (QED) is 0.821. The molecule has 1 heterocycles. The summed E-state index contributed by atoms with van der Waals surface area (Å²) in [7, 11) is 4.26. The van der Waals surface area contributed by atoms with E-state index in [-0.39, 0.29) is 0 Å². The zero-order chi connectivity index (χ0) is 11.7. The summed E-state index contributed by atoms with van der Waals surface area (Å²) in [4.78, 5) is 2.22. The molecule has 0 spiro atoms. The Morgan fingerprint density at radius 1 is 1.19 bits per heavy atom. The number of aryl methyl sites for hydroxylation is 2. The van der Waals surface area contributed by atoms with Crippen LogP contribution in [0.5, 0.6) is 0 Å². The summed E-state index contributed by atoms with van der Waals surface area (Å²) in [6.07, 6.45) is 2.56. The molecule has 1 unspecified atom stereocenters. The van der Waals surface area contributed by atoms with E-state index in [2.05, 4.69) is 50.3 Å². The second kappa shape index (κ2) is 4.46. The SMILES string of the molecule is Cc1cc(C2CCCN2)c(N(C)C)cc1C. The van der Waals surface area contributed by atoms with Crippen LogP contribution in [0.25, 0.3) is 0 Å². The Balaban J connectivity index is 2.44. The molecule has 2 heteroatoms. The standard InChI is InChI=1S/C14H22N2/c1-10-8-12(13-6-5-7-15-13)14(16(3)4)9-11(10)2/h8-9,13,15H,5-7H2,1-4H3. The maximum absolute atomic E-state index is 3.59. The Morgan fingerprint density at radius 3 is 2.44 bits per heavy atom. The summed E-state index contributed by atoms with van der Waals surface area (Å²) in [6, 6.07) is 5.22. The largest absolute Gasteiger partial charge is 0.377 e. The maximum atomic E-state index is 3.59. The van der Waals surface area contributed by atoms with Crippen molar-refractivity contribution >= 4 is 5.69 Å². The van der Waals surface area contributed by atoms with Crippen LogP contribution in [0.2, 0.25) is 0 Å². The monoisotopic (exact) mass is 218 g/mol. The fraction of sp³-hybridized carbons (Fsp3) is 0.571. The first-order valence-electron chi connectivity index (χ1n) is 6.11. The molecule has 0 aliphatic carbocycles. The third-order valence-electron chi connectivity index (χ3n) is 3.56. The molecule has 1 aliphatic rings. The molecule has 1 aromatic carbocycles. The van der Waals surface area contributed by atoms with Gasteiger partial charge < -0.3 is 10.2 Å². The van der Waals surface area contributed by atoms with Crippen LogP contribution in [0.4, 0.5) is 5.69 Å². The van der Waals surface area contributed by atoms with Gasteiger partial charge in [0, 0.05) is 25.8 Å².